The second-order valence-corrected chi connectivity index (χ2v) is 5.20. The van der Waals surface area contributed by atoms with E-state index in [0.29, 0.717) is 16.7 Å². The Labute approximate surface area is 124 Å². The van der Waals surface area contributed by atoms with Gasteiger partial charge in [-0.05, 0) is 41.1 Å². The second kappa shape index (κ2) is 6.29. The van der Waals surface area contributed by atoms with E-state index in [1.165, 1.54) is 6.33 Å². The van der Waals surface area contributed by atoms with Crippen LogP contribution in [0.5, 0.6) is 0 Å². The van der Waals surface area contributed by atoms with Gasteiger partial charge in [-0.25, -0.2) is 9.48 Å². The number of aryl methyl sites for hydroxylation is 1. The summed E-state index contributed by atoms with van der Waals surface area (Å²) < 4.78 is 2.27. The van der Waals surface area contributed by atoms with Crippen LogP contribution >= 0.6 is 15.9 Å². The van der Waals surface area contributed by atoms with Crippen molar-refractivity contribution in [3.63, 3.8) is 0 Å². The summed E-state index contributed by atoms with van der Waals surface area (Å²) >= 11 is 3.17. The van der Waals surface area contributed by atoms with E-state index in [0.717, 1.165) is 11.3 Å². The molecule has 1 aromatic heterocycles. The molecule has 0 bridgehead atoms. The maximum atomic E-state index is 11.6. The lowest BCUT2D eigenvalue weighted by atomic mass is 10.2. The molecule has 0 saturated carbocycles. The van der Waals surface area contributed by atoms with Gasteiger partial charge in [0.2, 0.25) is 0 Å². The molecule has 0 atom stereocenters. The van der Waals surface area contributed by atoms with Gasteiger partial charge in [-0.15, -0.1) is 5.10 Å². The number of rotatable bonds is 4. The number of carbonyl (C=O) groups excluding carboxylic acids is 1. The van der Waals surface area contributed by atoms with Crippen LogP contribution in [0.15, 0.2) is 35.6 Å². The molecule has 0 unspecified atom stereocenters. The molecule has 0 saturated heterocycles. The average Bonchev–Trinajstić information content (AvgIpc) is 2.90. The molecule has 7 nitrogen and oxygen atoms in total. The van der Waals surface area contributed by atoms with Crippen LogP contribution in [0.25, 0.3) is 5.69 Å². The first-order valence-electron chi connectivity index (χ1n) is 5.78. The lowest BCUT2D eigenvalue weighted by molar-refractivity contribution is 0.253. The fourth-order valence-electron chi connectivity index (χ4n) is 1.61. The summed E-state index contributed by atoms with van der Waals surface area (Å²) in [7, 11) is 0. The van der Waals surface area contributed by atoms with E-state index in [9.17, 15) is 4.79 Å². The third-order valence-corrected chi connectivity index (χ3v) is 2.77. The number of halogens is 1. The first-order valence-corrected chi connectivity index (χ1v) is 6.57. The van der Waals surface area contributed by atoms with Crippen molar-refractivity contribution in [2.24, 2.45) is 0 Å². The van der Waals surface area contributed by atoms with Gasteiger partial charge >= 0.3 is 6.03 Å². The molecule has 1 heterocycles. The third-order valence-electron chi connectivity index (χ3n) is 2.49. The van der Waals surface area contributed by atoms with Crippen LogP contribution in [0.2, 0.25) is 0 Å². The lowest BCUT2D eigenvalue weighted by Crippen LogP contribution is -2.29. The summed E-state index contributed by atoms with van der Waals surface area (Å²) in [6, 6.07) is 5.18. The molecule has 0 radical (unpaired) electrons. The van der Waals surface area contributed by atoms with E-state index in [1.54, 1.807) is 10.7 Å². The Morgan fingerprint density at radius 2 is 2.30 bits per heavy atom. The van der Waals surface area contributed by atoms with Crippen molar-refractivity contribution in [3.05, 3.63) is 41.2 Å². The van der Waals surface area contributed by atoms with Gasteiger partial charge in [0.05, 0.1) is 12.2 Å². The highest BCUT2D eigenvalue weighted by atomic mass is 79.9. The topological polar surface area (TPSA) is 84.7 Å². The minimum absolute atomic E-state index is 0.292. The first-order chi connectivity index (χ1) is 9.56. The summed E-state index contributed by atoms with van der Waals surface area (Å²) in [6.45, 7) is 5.93. The highest BCUT2D eigenvalue weighted by Crippen LogP contribution is 2.17. The molecular formula is C12H13BrN6O. The molecule has 2 rings (SSSR count). The molecule has 20 heavy (non-hydrogen) atoms. The molecule has 8 heteroatoms. The van der Waals surface area contributed by atoms with Crippen LogP contribution in [-0.4, -0.2) is 32.8 Å². The SMILES string of the molecule is C=C(Br)CNC(=O)Nc1ccc(-n2cnnn2)c(C)c1. The number of carbonyl (C=O) groups is 1. The summed E-state index contributed by atoms with van der Waals surface area (Å²) in [5, 5.41) is 16.4. The van der Waals surface area contributed by atoms with Crippen molar-refractivity contribution in [3.8, 4) is 5.69 Å². The Kier molecular flexibility index (Phi) is 4.46. The van der Waals surface area contributed by atoms with Crippen LogP contribution in [0.4, 0.5) is 10.5 Å². The van der Waals surface area contributed by atoms with Gasteiger partial charge in [-0.1, -0.05) is 22.5 Å². The zero-order valence-electron chi connectivity index (χ0n) is 10.8. The second-order valence-electron chi connectivity index (χ2n) is 4.08. The highest BCUT2D eigenvalue weighted by molar-refractivity contribution is 9.11. The first kappa shape index (κ1) is 14.2. The molecule has 0 spiro atoms. The minimum atomic E-state index is -0.292. The fraction of sp³-hybridized carbons (Fsp3) is 0.167. The van der Waals surface area contributed by atoms with Crippen LogP contribution in [0.3, 0.4) is 0 Å². The summed E-state index contributed by atoms with van der Waals surface area (Å²) in [4.78, 5) is 11.6. The smallest absolute Gasteiger partial charge is 0.319 e. The zero-order chi connectivity index (χ0) is 14.5. The van der Waals surface area contributed by atoms with Crippen molar-refractivity contribution in [2.75, 3.05) is 11.9 Å². The molecule has 2 N–H and O–H groups in total. The molecule has 0 aliphatic carbocycles. The number of nitrogens with one attached hydrogen (secondary N) is 2. The normalized spacial score (nSPS) is 10.1. The van der Waals surface area contributed by atoms with Gasteiger partial charge < -0.3 is 10.6 Å². The van der Waals surface area contributed by atoms with Gasteiger partial charge in [0, 0.05) is 10.2 Å². The fourth-order valence-corrected chi connectivity index (χ4v) is 1.75. The molecule has 1 aromatic carbocycles. The number of urea groups is 1. The Hall–Kier alpha value is -2.22. The van der Waals surface area contributed by atoms with E-state index in [1.807, 2.05) is 19.1 Å². The number of nitrogens with zero attached hydrogens (tertiary/aromatic N) is 4. The van der Waals surface area contributed by atoms with E-state index < -0.39 is 0 Å². The van der Waals surface area contributed by atoms with Gasteiger partial charge in [0.1, 0.15) is 6.33 Å². The minimum Gasteiger partial charge on any atom is -0.333 e. The molecule has 2 aromatic rings. The molecule has 104 valence electrons. The van der Waals surface area contributed by atoms with Crippen LogP contribution in [0, 0.1) is 6.92 Å². The molecule has 0 aliphatic rings. The predicted molar refractivity (Wildman–Crippen MR) is 79.0 cm³/mol. The van der Waals surface area contributed by atoms with Crippen molar-refractivity contribution in [2.45, 2.75) is 6.92 Å². The van der Waals surface area contributed by atoms with Crippen LogP contribution < -0.4 is 10.6 Å². The zero-order valence-corrected chi connectivity index (χ0v) is 12.4. The van der Waals surface area contributed by atoms with E-state index in [-0.39, 0.29) is 6.03 Å². The number of benzene rings is 1. The molecule has 0 fully saturated rings. The van der Waals surface area contributed by atoms with Crippen LogP contribution in [0.1, 0.15) is 5.56 Å². The third kappa shape index (κ3) is 3.64. The molecule has 2 amide bonds. The van der Waals surface area contributed by atoms with Crippen molar-refractivity contribution in [1.29, 1.82) is 0 Å². The number of amides is 2. The largest absolute Gasteiger partial charge is 0.333 e. The van der Waals surface area contributed by atoms with Gasteiger partial charge in [-0.2, -0.15) is 0 Å². The number of tetrazole rings is 1. The predicted octanol–water partition coefficient (Wildman–Crippen LogP) is 2.00. The number of aromatic nitrogens is 4. The maximum absolute atomic E-state index is 11.6. The number of hydrogen-bond donors (Lipinski definition) is 2. The summed E-state index contributed by atoms with van der Waals surface area (Å²) in [5.74, 6) is 0. The van der Waals surface area contributed by atoms with Crippen molar-refractivity contribution in [1.82, 2.24) is 25.5 Å². The molecule has 0 aliphatic heterocycles. The van der Waals surface area contributed by atoms with E-state index >= 15 is 0 Å². The van der Waals surface area contributed by atoms with Gasteiger partial charge in [0.25, 0.3) is 0 Å². The Balaban J connectivity index is 2.06. The maximum Gasteiger partial charge on any atom is 0.319 e. The van der Waals surface area contributed by atoms with Gasteiger partial charge in [-0.3, -0.25) is 0 Å². The summed E-state index contributed by atoms with van der Waals surface area (Å²) in [6.07, 6.45) is 1.52. The average molecular weight is 337 g/mol. The Morgan fingerprint density at radius 3 is 2.90 bits per heavy atom. The number of hydrogen-bond acceptors (Lipinski definition) is 4. The summed E-state index contributed by atoms with van der Waals surface area (Å²) in [5.41, 5.74) is 2.49. The van der Waals surface area contributed by atoms with Crippen LogP contribution in [-0.2, 0) is 0 Å². The monoisotopic (exact) mass is 336 g/mol. The van der Waals surface area contributed by atoms with Crippen molar-refractivity contribution >= 4 is 27.6 Å². The Morgan fingerprint density at radius 1 is 1.50 bits per heavy atom. The van der Waals surface area contributed by atoms with Crippen molar-refractivity contribution < 1.29 is 4.79 Å². The lowest BCUT2D eigenvalue weighted by Gasteiger charge is -2.10. The van der Waals surface area contributed by atoms with Gasteiger partial charge in [0.15, 0.2) is 0 Å². The van der Waals surface area contributed by atoms with E-state index in [2.05, 4.69) is 48.7 Å². The quantitative estimate of drug-likeness (QED) is 0.894. The Bertz CT molecular complexity index is 625. The number of anilines is 1. The molecular weight excluding hydrogens is 324 g/mol. The standard InChI is InChI=1S/C12H13BrN6O/c1-8-5-10(16-12(20)14-6-9(2)13)3-4-11(8)19-7-15-17-18-19/h3-5,7H,2,6H2,1H3,(H2,14,16,20). The highest BCUT2D eigenvalue weighted by Gasteiger charge is 2.06. The van der Waals surface area contributed by atoms with E-state index in [4.69, 9.17) is 0 Å².